The van der Waals surface area contributed by atoms with Crippen LogP contribution in [0.25, 0.3) is 5.76 Å². The summed E-state index contributed by atoms with van der Waals surface area (Å²) in [5.41, 5.74) is 3.39. The van der Waals surface area contributed by atoms with Crippen LogP contribution in [0.15, 0.2) is 48.0 Å². The van der Waals surface area contributed by atoms with Gasteiger partial charge in [0.15, 0.2) is 0 Å². The summed E-state index contributed by atoms with van der Waals surface area (Å²) in [7, 11) is 0. The molecule has 0 aliphatic carbocycles. The van der Waals surface area contributed by atoms with Crippen LogP contribution < -0.4 is 9.64 Å². The highest BCUT2D eigenvalue weighted by atomic mass is 16.5. The predicted molar refractivity (Wildman–Crippen MR) is 136 cm³/mol. The lowest BCUT2D eigenvalue weighted by Crippen LogP contribution is -2.30. The van der Waals surface area contributed by atoms with Crippen LogP contribution in [0, 0.1) is 6.92 Å². The number of amides is 1. The third-order valence-electron chi connectivity index (χ3n) is 6.25. The number of ether oxygens (including phenoxy) is 1. The summed E-state index contributed by atoms with van der Waals surface area (Å²) in [6, 6.07) is 12.6. The Balaban J connectivity index is 2.08. The van der Waals surface area contributed by atoms with Crippen LogP contribution in [0.4, 0.5) is 5.69 Å². The SMILES string of the molecule is CCCOc1ccc(/C(O)=C2/C(=O)C(=O)N(CCC)C2c2ccc(N(CC)CC)cc2)cc1C. The molecule has 0 bridgehead atoms. The number of hydrogen-bond acceptors (Lipinski definition) is 5. The number of aliphatic hydroxyl groups is 1. The average molecular weight is 465 g/mol. The number of Topliss-reactive ketones (excluding diaryl/α,β-unsaturated/α-hetero) is 1. The van der Waals surface area contributed by atoms with Crippen molar-refractivity contribution in [1.29, 1.82) is 0 Å². The molecule has 1 unspecified atom stereocenters. The van der Waals surface area contributed by atoms with E-state index in [2.05, 4.69) is 18.7 Å². The fraction of sp³-hybridized carbons (Fsp3) is 0.429. The largest absolute Gasteiger partial charge is 0.507 e. The lowest BCUT2D eigenvalue weighted by atomic mass is 9.94. The molecule has 1 atom stereocenters. The minimum atomic E-state index is -0.646. The van der Waals surface area contributed by atoms with Gasteiger partial charge in [-0.05, 0) is 75.1 Å². The number of aryl methyl sites for hydroxylation is 1. The van der Waals surface area contributed by atoms with E-state index in [0.29, 0.717) is 25.1 Å². The molecule has 2 aromatic carbocycles. The molecule has 0 spiro atoms. The van der Waals surface area contributed by atoms with Gasteiger partial charge in [-0.15, -0.1) is 0 Å². The van der Waals surface area contributed by atoms with Gasteiger partial charge in [-0.1, -0.05) is 26.0 Å². The Morgan fingerprint density at radius 2 is 1.68 bits per heavy atom. The molecule has 1 N–H and O–H groups in total. The molecule has 0 radical (unpaired) electrons. The van der Waals surface area contributed by atoms with Crippen LogP contribution in [0.1, 0.15) is 63.3 Å². The quantitative estimate of drug-likeness (QED) is 0.287. The van der Waals surface area contributed by atoms with E-state index in [1.165, 1.54) is 0 Å². The Morgan fingerprint density at radius 1 is 1.00 bits per heavy atom. The van der Waals surface area contributed by atoms with Crippen molar-refractivity contribution in [3.8, 4) is 5.75 Å². The first-order valence-corrected chi connectivity index (χ1v) is 12.2. The number of anilines is 1. The highest BCUT2D eigenvalue weighted by molar-refractivity contribution is 6.46. The standard InChI is InChI=1S/C28H36N2O4/c1-6-16-30-25(20-10-13-22(14-11-20)29(8-3)9-4)24(27(32)28(30)33)26(31)21-12-15-23(19(5)18-21)34-17-7-2/h10-15,18,25,31H,6-9,16-17H2,1-5H3/b26-24-. The smallest absolute Gasteiger partial charge is 0.295 e. The van der Waals surface area contributed by atoms with Crippen LogP contribution in [-0.2, 0) is 9.59 Å². The number of ketones is 1. The molecule has 1 fully saturated rings. The second-order valence-corrected chi connectivity index (χ2v) is 8.59. The van der Waals surface area contributed by atoms with E-state index in [4.69, 9.17) is 4.74 Å². The van der Waals surface area contributed by atoms with Crippen LogP contribution in [0.2, 0.25) is 0 Å². The van der Waals surface area contributed by atoms with Gasteiger partial charge in [0.05, 0.1) is 18.2 Å². The molecule has 1 aliphatic rings. The van der Waals surface area contributed by atoms with Crippen LogP contribution in [0.5, 0.6) is 5.75 Å². The lowest BCUT2D eigenvalue weighted by Gasteiger charge is -2.26. The molecule has 0 aromatic heterocycles. The zero-order chi connectivity index (χ0) is 24.8. The first-order valence-electron chi connectivity index (χ1n) is 12.2. The van der Waals surface area contributed by atoms with E-state index in [1.807, 2.05) is 45.0 Å². The van der Waals surface area contributed by atoms with Crippen molar-refractivity contribution in [2.45, 2.75) is 53.5 Å². The highest BCUT2D eigenvalue weighted by Gasteiger charge is 2.45. The van der Waals surface area contributed by atoms with Gasteiger partial charge in [-0.25, -0.2) is 0 Å². The Hall–Kier alpha value is -3.28. The second kappa shape index (κ2) is 11.2. The van der Waals surface area contributed by atoms with Crippen molar-refractivity contribution in [3.05, 3.63) is 64.7 Å². The molecule has 6 heteroatoms. The van der Waals surface area contributed by atoms with Gasteiger partial charge < -0.3 is 19.6 Å². The zero-order valence-electron chi connectivity index (χ0n) is 20.9. The van der Waals surface area contributed by atoms with Gasteiger partial charge in [0.25, 0.3) is 11.7 Å². The average Bonchev–Trinajstić information content (AvgIpc) is 3.09. The minimum Gasteiger partial charge on any atom is -0.507 e. The van der Waals surface area contributed by atoms with E-state index >= 15 is 0 Å². The number of rotatable bonds is 10. The van der Waals surface area contributed by atoms with Crippen molar-refractivity contribution in [2.24, 2.45) is 0 Å². The normalized spacial score (nSPS) is 17.3. The Kier molecular flexibility index (Phi) is 8.37. The summed E-state index contributed by atoms with van der Waals surface area (Å²) < 4.78 is 5.74. The number of benzene rings is 2. The minimum absolute atomic E-state index is 0.135. The number of carbonyl (C=O) groups excluding carboxylic acids is 2. The summed E-state index contributed by atoms with van der Waals surface area (Å²) in [5.74, 6) is -0.623. The Bertz CT molecular complexity index is 1050. The van der Waals surface area contributed by atoms with Gasteiger partial charge in [0.1, 0.15) is 11.5 Å². The summed E-state index contributed by atoms with van der Waals surface area (Å²) >= 11 is 0. The molecule has 0 saturated carbocycles. The number of carbonyl (C=O) groups is 2. The molecule has 3 rings (SSSR count). The molecule has 1 saturated heterocycles. The molecule has 1 heterocycles. The van der Waals surface area contributed by atoms with E-state index in [-0.39, 0.29) is 11.3 Å². The van der Waals surface area contributed by atoms with Crippen molar-refractivity contribution < 1.29 is 19.4 Å². The van der Waals surface area contributed by atoms with Crippen LogP contribution in [-0.4, -0.2) is 47.9 Å². The van der Waals surface area contributed by atoms with Crippen LogP contribution in [0.3, 0.4) is 0 Å². The number of likely N-dealkylation sites (tertiary alicyclic amines) is 1. The molecule has 1 aliphatic heterocycles. The molecular formula is C28H36N2O4. The summed E-state index contributed by atoms with van der Waals surface area (Å²) in [4.78, 5) is 29.9. The maximum atomic E-state index is 13.1. The molecule has 6 nitrogen and oxygen atoms in total. The molecular weight excluding hydrogens is 428 g/mol. The Labute approximate surface area is 202 Å². The van der Waals surface area contributed by atoms with Gasteiger partial charge in [0.2, 0.25) is 0 Å². The summed E-state index contributed by atoms with van der Waals surface area (Å²) in [6.07, 6.45) is 1.61. The van der Waals surface area contributed by atoms with Gasteiger partial charge in [-0.2, -0.15) is 0 Å². The van der Waals surface area contributed by atoms with Crippen LogP contribution >= 0.6 is 0 Å². The molecule has 1 amide bonds. The maximum absolute atomic E-state index is 13.1. The lowest BCUT2D eigenvalue weighted by molar-refractivity contribution is -0.139. The van der Waals surface area contributed by atoms with E-state index in [1.54, 1.807) is 23.1 Å². The van der Waals surface area contributed by atoms with Crippen molar-refractivity contribution in [3.63, 3.8) is 0 Å². The van der Waals surface area contributed by atoms with E-state index < -0.39 is 17.7 Å². The van der Waals surface area contributed by atoms with Gasteiger partial charge >= 0.3 is 0 Å². The van der Waals surface area contributed by atoms with Crippen molar-refractivity contribution >= 4 is 23.1 Å². The number of aliphatic hydroxyl groups excluding tert-OH is 1. The number of hydrogen-bond donors (Lipinski definition) is 1. The van der Waals surface area contributed by atoms with Crippen molar-refractivity contribution in [2.75, 3.05) is 31.1 Å². The molecule has 2 aromatic rings. The third-order valence-corrected chi connectivity index (χ3v) is 6.25. The molecule has 34 heavy (non-hydrogen) atoms. The maximum Gasteiger partial charge on any atom is 0.295 e. The first kappa shape index (κ1) is 25.3. The molecule has 182 valence electrons. The highest BCUT2D eigenvalue weighted by Crippen LogP contribution is 2.40. The summed E-state index contributed by atoms with van der Waals surface area (Å²) in [5, 5.41) is 11.3. The van der Waals surface area contributed by atoms with E-state index in [9.17, 15) is 14.7 Å². The Morgan fingerprint density at radius 3 is 2.24 bits per heavy atom. The van der Waals surface area contributed by atoms with Gasteiger partial charge in [-0.3, -0.25) is 9.59 Å². The zero-order valence-corrected chi connectivity index (χ0v) is 20.9. The number of nitrogens with zero attached hydrogens (tertiary/aromatic N) is 2. The first-order chi connectivity index (χ1) is 16.4. The monoisotopic (exact) mass is 464 g/mol. The van der Waals surface area contributed by atoms with Gasteiger partial charge in [0, 0.05) is 30.9 Å². The van der Waals surface area contributed by atoms with Crippen molar-refractivity contribution in [1.82, 2.24) is 4.90 Å². The second-order valence-electron chi connectivity index (χ2n) is 8.59. The fourth-order valence-corrected chi connectivity index (χ4v) is 4.48. The van der Waals surface area contributed by atoms with E-state index in [0.717, 1.165) is 42.1 Å². The fourth-order valence-electron chi connectivity index (χ4n) is 4.48. The predicted octanol–water partition coefficient (Wildman–Crippen LogP) is 5.46. The third kappa shape index (κ3) is 4.96. The topological polar surface area (TPSA) is 70.1 Å². The summed E-state index contributed by atoms with van der Waals surface area (Å²) in [6.45, 7) is 13.0.